The van der Waals surface area contributed by atoms with E-state index < -0.39 is 0 Å². The molecule has 1 aromatic rings. The molecule has 1 aromatic carbocycles. The number of rotatable bonds is 6. The van der Waals surface area contributed by atoms with E-state index in [1.165, 1.54) is 60.8 Å². The molecule has 0 radical (unpaired) electrons. The molecule has 0 saturated heterocycles. The first-order valence-corrected chi connectivity index (χ1v) is 9.22. The van der Waals surface area contributed by atoms with Gasteiger partial charge in [0, 0.05) is 0 Å². The summed E-state index contributed by atoms with van der Waals surface area (Å²) >= 11 is 0. The second-order valence-electron chi connectivity index (χ2n) is 8.98. The zero-order chi connectivity index (χ0) is 17.0. The predicted octanol–water partition coefficient (Wildman–Crippen LogP) is 8.38. The summed E-state index contributed by atoms with van der Waals surface area (Å²) in [4.78, 5) is 0. The minimum absolute atomic E-state index is 0. The van der Waals surface area contributed by atoms with Crippen LogP contribution in [0.5, 0.6) is 0 Å². The SMILES string of the molecule is C.C.CCCCCCCc1cc(C(C)(C)C)c(C)c(C(C)(C)C)c1. The van der Waals surface area contributed by atoms with E-state index in [1.54, 1.807) is 0 Å². The molecule has 0 aliphatic carbocycles. The third-order valence-electron chi connectivity index (χ3n) is 4.65. The van der Waals surface area contributed by atoms with Crippen molar-refractivity contribution in [2.45, 2.75) is 120 Å². The lowest BCUT2D eigenvalue weighted by molar-refractivity contribution is 0.558. The van der Waals surface area contributed by atoms with Crippen LogP contribution in [0.15, 0.2) is 12.1 Å². The lowest BCUT2D eigenvalue weighted by Crippen LogP contribution is -2.20. The second-order valence-corrected chi connectivity index (χ2v) is 8.98. The minimum Gasteiger partial charge on any atom is -0.0776 e. The summed E-state index contributed by atoms with van der Waals surface area (Å²) in [6.07, 6.45) is 8.03. The molecule has 0 amide bonds. The first-order chi connectivity index (χ1) is 10.1. The van der Waals surface area contributed by atoms with Crippen LogP contribution >= 0.6 is 0 Å². The zero-order valence-electron chi connectivity index (χ0n) is 16.4. The van der Waals surface area contributed by atoms with E-state index in [1.807, 2.05) is 0 Å². The average molecular weight is 335 g/mol. The number of benzene rings is 1. The molecule has 0 bridgehead atoms. The van der Waals surface area contributed by atoms with Gasteiger partial charge in [0.05, 0.1) is 0 Å². The van der Waals surface area contributed by atoms with Gasteiger partial charge in [0.25, 0.3) is 0 Å². The maximum atomic E-state index is 2.48. The van der Waals surface area contributed by atoms with Crippen molar-refractivity contribution in [3.63, 3.8) is 0 Å². The summed E-state index contributed by atoms with van der Waals surface area (Å²) in [7, 11) is 0. The van der Waals surface area contributed by atoms with Crippen LogP contribution in [0.3, 0.4) is 0 Å². The highest BCUT2D eigenvalue weighted by Gasteiger charge is 2.24. The van der Waals surface area contributed by atoms with Gasteiger partial charge in [0.15, 0.2) is 0 Å². The third-order valence-corrected chi connectivity index (χ3v) is 4.65. The van der Waals surface area contributed by atoms with E-state index in [9.17, 15) is 0 Å². The lowest BCUT2D eigenvalue weighted by Gasteiger charge is -2.30. The van der Waals surface area contributed by atoms with Crippen LogP contribution in [0.2, 0.25) is 0 Å². The highest BCUT2D eigenvalue weighted by atomic mass is 14.3. The van der Waals surface area contributed by atoms with Crippen molar-refractivity contribution in [2.75, 3.05) is 0 Å². The Kier molecular flexibility index (Phi) is 10.9. The van der Waals surface area contributed by atoms with Crippen LogP contribution in [0.4, 0.5) is 0 Å². The standard InChI is InChI=1S/C22H38.2CH4/c1-9-10-11-12-13-14-18-15-19(21(3,4)5)17(2)20(16-18)22(6,7)8;;/h15-16H,9-14H2,1-8H3;2*1H4. The second kappa shape index (κ2) is 10.3. The average Bonchev–Trinajstić information content (AvgIpc) is 2.37. The number of unbranched alkanes of at least 4 members (excludes halogenated alkanes) is 4. The zero-order valence-corrected chi connectivity index (χ0v) is 16.4. The molecule has 0 saturated carbocycles. The van der Waals surface area contributed by atoms with Crippen LogP contribution in [0.25, 0.3) is 0 Å². The van der Waals surface area contributed by atoms with E-state index >= 15 is 0 Å². The van der Waals surface area contributed by atoms with Gasteiger partial charge in [-0.25, -0.2) is 0 Å². The monoisotopic (exact) mass is 334 g/mol. The van der Waals surface area contributed by atoms with Crippen molar-refractivity contribution in [3.05, 3.63) is 34.4 Å². The van der Waals surface area contributed by atoms with E-state index in [2.05, 4.69) is 67.5 Å². The molecule has 0 heteroatoms. The van der Waals surface area contributed by atoms with Crippen LogP contribution in [0, 0.1) is 6.92 Å². The van der Waals surface area contributed by atoms with Gasteiger partial charge in [0.1, 0.15) is 0 Å². The fourth-order valence-electron chi connectivity index (χ4n) is 3.41. The van der Waals surface area contributed by atoms with Gasteiger partial charge < -0.3 is 0 Å². The Morgan fingerprint density at radius 3 is 1.50 bits per heavy atom. The highest BCUT2D eigenvalue weighted by molar-refractivity contribution is 5.45. The number of aryl methyl sites for hydroxylation is 1. The molecular formula is C24H46. The molecule has 0 aromatic heterocycles. The summed E-state index contributed by atoms with van der Waals surface area (Å²) in [6, 6.07) is 4.95. The first kappa shape index (κ1) is 25.5. The summed E-state index contributed by atoms with van der Waals surface area (Å²) in [5.41, 5.74) is 6.54. The number of hydrogen-bond acceptors (Lipinski definition) is 0. The largest absolute Gasteiger partial charge is 0.0776 e. The van der Waals surface area contributed by atoms with Gasteiger partial charge in [-0.05, 0) is 52.8 Å². The molecular weight excluding hydrogens is 288 g/mol. The molecule has 0 aliphatic heterocycles. The van der Waals surface area contributed by atoms with Crippen molar-refractivity contribution >= 4 is 0 Å². The van der Waals surface area contributed by atoms with Gasteiger partial charge in [0.2, 0.25) is 0 Å². The Balaban J connectivity index is 0. The molecule has 0 heterocycles. The highest BCUT2D eigenvalue weighted by Crippen LogP contribution is 2.35. The molecule has 0 atom stereocenters. The van der Waals surface area contributed by atoms with Gasteiger partial charge in [-0.2, -0.15) is 0 Å². The van der Waals surface area contributed by atoms with Crippen LogP contribution in [-0.2, 0) is 17.3 Å². The van der Waals surface area contributed by atoms with E-state index in [0.717, 1.165) is 0 Å². The fraction of sp³-hybridized carbons (Fsp3) is 0.750. The van der Waals surface area contributed by atoms with E-state index in [0.29, 0.717) is 0 Å². The van der Waals surface area contributed by atoms with Crippen molar-refractivity contribution < 1.29 is 0 Å². The molecule has 0 N–H and O–H groups in total. The van der Waals surface area contributed by atoms with Gasteiger partial charge in [-0.3, -0.25) is 0 Å². The smallest absolute Gasteiger partial charge is 0.0129 e. The summed E-state index contributed by atoms with van der Waals surface area (Å²) in [5, 5.41) is 0. The molecule has 0 unspecified atom stereocenters. The van der Waals surface area contributed by atoms with Crippen molar-refractivity contribution in [1.29, 1.82) is 0 Å². The lowest BCUT2D eigenvalue weighted by atomic mass is 9.75. The molecule has 0 aliphatic rings. The summed E-state index contributed by atoms with van der Waals surface area (Å²) < 4.78 is 0. The maximum absolute atomic E-state index is 2.48. The van der Waals surface area contributed by atoms with Crippen molar-refractivity contribution in [3.8, 4) is 0 Å². The molecule has 0 nitrogen and oxygen atoms in total. The van der Waals surface area contributed by atoms with E-state index in [-0.39, 0.29) is 25.7 Å². The maximum Gasteiger partial charge on any atom is -0.0129 e. The van der Waals surface area contributed by atoms with Crippen molar-refractivity contribution in [1.82, 2.24) is 0 Å². The first-order valence-electron chi connectivity index (χ1n) is 9.22. The molecule has 24 heavy (non-hydrogen) atoms. The van der Waals surface area contributed by atoms with Gasteiger partial charge in [-0.15, -0.1) is 0 Å². The quantitative estimate of drug-likeness (QED) is 0.458. The Hall–Kier alpha value is -0.780. The topological polar surface area (TPSA) is 0 Å². The molecule has 0 spiro atoms. The van der Waals surface area contributed by atoms with Crippen LogP contribution < -0.4 is 0 Å². The molecule has 0 fully saturated rings. The predicted molar refractivity (Wildman–Crippen MR) is 115 cm³/mol. The Bertz CT molecular complexity index is 431. The van der Waals surface area contributed by atoms with Gasteiger partial charge in [-0.1, -0.05) is 101 Å². The Morgan fingerprint density at radius 2 is 1.12 bits per heavy atom. The van der Waals surface area contributed by atoms with Gasteiger partial charge >= 0.3 is 0 Å². The molecule has 142 valence electrons. The Labute approximate surface area is 154 Å². The summed E-state index contributed by atoms with van der Waals surface area (Å²) in [6.45, 7) is 18.6. The van der Waals surface area contributed by atoms with E-state index in [4.69, 9.17) is 0 Å². The fourth-order valence-corrected chi connectivity index (χ4v) is 3.41. The normalized spacial score (nSPS) is 11.7. The van der Waals surface area contributed by atoms with Crippen molar-refractivity contribution in [2.24, 2.45) is 0 Å². The van der Waals surface area contributed by atoms with Crippen LogP contribution in [-0.4, -0.2) is 0 Å². The number of hydrogen-bond donors (Lipinski definition) is 0. The minimum atomic E-state index is 0. The third kappa shape index (κ3) is 7.41. The molecule has 1 rings (SSSR count). The van der Waals surface area contributed by atoms with Crippen LogP contribution in [0.1, 0.15) is 118 Å². The summed E-state index contributed by atoms with van der Waals surface area (Å²) in [5.74, 6) is 0. The Morgan fingerprint density at radius 1 is 0.708 bits per heavy atom.